The number of hydrogen-bond acceptors (Lipinski definition) is 4. The minimum absolute atomic E-state index is 0.0354. The van der Waals surface area contributed by atoms with Gasteiger partial charge in [-0.25, -0.2) is 4.98 Å². The highest BCUT2D eigenvalue weighted by molar-refractivity contribution is 6.05. The number of rotatable bonds is 4. The van der Waals surface area contributed by atoms with Crippen LogP contribution in [-0.2, 0) is 7.05 Å². The summed E-state index contributed by atoms with van der Waals surface area (Å²) in [6.45, 7) is 2.41. The van der Waals surface area contributed by atoms with Gasteiger partial charge in [-0.05, 0) is 51.3 Å². The molecule has 4 rings (SSSR count). The molecule has 2 fully saturated rings. The van der Waals surface area contributed by atoms with Gasteiger partial charge >= 0.3 is 0 Å². The Hall–Kier alpha value is -2.15. The molecule has 2 aromatic heterocycles. The number of piperidine rings is 1. The number of carbonyl (C=O) groups excluding carboxylic acids is 1. The lowest BCUT2D eigenvalue weighted by atomic mass is 9.97. The van der Waals surface area contributed by atoms with Crippen LogP contribution in [0.4, 0.5) is 0 Å². The molecule has 0 radical (unpaired) electrons. The predicted octanol–water partition coefficient (Wildman–Crippen LogP) is 1.21. The van der Waals surface area contributed by atoms with E-state index >= 15 is 0 Å². The van der Waals surface area contributed by atoms with Crippen molar-refractivity contribution in [3.05, 3.63) is 27.7 Å². The van der Waals surface area contributed by atoms with E-state index in [0.29, 0.717) is 28.4 Å². The Labute approximate surface area is 146 Å². The molecular weight excluding hydrogens is 318 g/mol. The third kappa shape index (κ3) is 2.97. The zero-order valence-electron chi connectivity index (χ0n) is 14.8. The Morgan fingerprint density at radius 3 is 2.92 bits per heavy atom. The van der Waals surface area contributed by atoms with E-state index in [1.54, 1.807) is 11.7 Å². The highest BCUT2D eigenvalue weighted by Gasteiger charge is 2.31. The van der Waals surface area contributed by atoms with Gasteiger partial charge in [0.05, 0.1) is 10.9 Å². The van der Waals surface area contributed by atoms with Crippen molar-refractivity contribution in [2.75, 3.05) is 26.7 Å². The Kier molecular flexibility index (Phi) is 4.11. The fraction of sp³-hybridized carbons (Fsp3) is 0.611. The van der Waals surface area contributed by atoms with Crippen molar-refractivity contribution in [3.8, 4) is 0 Å². The van der Waals surface area contributed by atoms with E-state index in [1.807, 2.05) is 18.0 Å². The van der Waals surface area contributed by atoms with E-state index in [4.69, 9.17) is 0 Å². The number of pyridine rings is 1. The van der Waals surface area contributed by atoms with Gasteiger partial charge in [-0.1, -0.05) is 0 Å². The first-order valence-corrected chi connectivity index (χ1v) is 9.12. The lowest BCUT2D eigenvalue weighted by Gasteiger charge is -2.33. The maximum absolute atomic E-state index is 13.2. The fourth-order valence-electron chi connectivity index (χ4n) is 3.91. The number of hydrogen-bond donors (Lipinski definition) is 2. The molecule has 0 aromatic carbocycles. The summed E-state index contributed by atoms with van der Waals surface area (Å²) in [4.78, 5) is 32.2. The highest BCUT2D eigenvalue weighted by atomic mass is 16.2. The maximum Gasteiger partial charge on any atom is 0.274 e. The van der Waals surface area contributed by atoms with Crippen molar-refractivity contribution in [2.45, 2.75) is 31.6 Å². The normalized spacial score (nSPS) is 21.0. The Bertz CT molecular complexity index is 862. The van der Waals surface area contributed by atoms with Gasteiger partial charge in [0.15, 0.2) is 5.65 Å². The zero-order valence-corrected chi connectivity index (χ0v) is 14.8. The molecule has 0 bridgehead atoms. The third-order valence-corrected chi connectivity index (χ3v) is 5.36. The molecular formula is C18H25N5O2. The fourth-order valence-corrected chi connectivity index (χ4v) is 3.91. The summed E-state index contributed by atoms with van der Waals surface area (Å²) in [5.41, 5.74) is 1.80. The first kappa shape index (κ1) is 16.3. The van der Waals surface area contributed by atoms with Gasteiger partial charge in [-0.3, -0.25) is 19.4 Å². The van der Waals surface area contributed by atoms with Crippen molar-refractivity contribution in [3.63, 3.8) is 0 Å². The highest BCUT2D eigenvalue weighted by Crippen LogP contribution is 2.40. The molecule has 1 amide bonds. The minimum Gasteiger partial charge on any atom is -0.338 e. The largest absolute Gasteiger partial charge is 0.338 e. The number of H-pyrrole nitrogens is 1. The van der Waals surface area contributed by atoms with Crippen molar-refractivity contribution < 1.29 is 4.79 Å². The summed E-state index contributed by atoms with van der Waals surface area (Å²) in [6.07, 6.45) is 4.36. The molecule has 7 heteroatoms. The number of aryl methyl sites for hydroxylation is 1. The molecule has 1 aliphatic carbocycles. The quantitative estimate of drug-likeness (QED) is 0.874. The number of nitrogens with zero attached hydrogens (tertiary/aromatic N) is 3. The van der Waals surface area contributed by atoms with Crippen LogP contribution in [-0.4, -0.2) is 52.3 Å². The summed E-state index contributed by atoms with van der Waals surface area (Å²) in [5.74, 6) is 0.864. The van der Waals surface area contributed by atoms with Gasteiger partial charge in [-0.2, -0.15) is 0 Å². The first-order chi connectivity index (χ1) is 12.1. The van der Waals surface area contributed by atoms with Crippen molar-refractivity contribution >= 4 is 16.9 Å². The van der Waals surface area contributed by atoms with Crippen molar-refractivity contribution in [1.29, 1.82) is 0 Å². The van der Waals surface area contributed by atoms with Crippen molar-refractivity contribution in [1.82, 2.24) is 25.0 Å². The molecule has 0 spiro atoms. The van der Waals surface area contributed by atoms with Gasteiger partial charge in [0, 0.05) is 31.7 Å². The second kappa shape index (κ2) is 6.29. The molecule has 1 saturated heterocycles. The SMILES string of the molecule is CNCC1CCCN(C(=O)c2cc(C3CC3)nc3c2c(=O)[nH]n3C)C1. The van der Waals surface area contributed by atoms with Gasteiger partial charge in [0.1, 0.15) is 0 Å². The van der Waals surface area contributed by atoms with Crippen LogP contribution in [0.1, 0.15) is 47.7 Å². The van der Waals surface area contributed by atoms with E-state index in [1.165, 1.54) is 0 Å². The first-order valence-electron chi connectivity index (χ1n) is 9.12. The summed E-state index contributed by atoms with van der Waals surface area (Å²) in [7, 11) is 3.71. The van der Waals surface area contributed by atoms with Crippen LogP contribution in [0, 0.1) is 5.92 Å². The third-order valence-electron chi connectivity index (χ3n) is 5.36. The number of aromatic nitrogens is 3. The van der Waals surface area contributed by atoms with Gasteiger partial charge < -0.3 is 10.2 Å². The average molecular weight is 343 g/mol. The monoisotopic (exact) mass is 343 g/mol. The number of likely N-dealkylation sites (tertiary alicyclic amines) is 1. The number of amides is 1. The number of fused-ring (bicyclic) bond motifs is 1. The molecule has 7 nitrogen and oxygen atoms in total. The van der Waals surface area contributed by atoms with Crippen LogP contribution >= 0.6 is 0 Å². The van der Waals surface area contributed by atoms with Crippen LogP contribution in [0.2, 0.25) is 0 Å². The second-order valence-electron chi connectivity index (χ2n) is 7.38. The Morgan fingerprint density at radius 1 is 1.40 bits per heavy atom. The predicted molar refractivity (Wildman–Crippen MR) is 95.9 cm³/mol. The molecule has 2 aromatic rings. The van der Waals surface area contributed by atoms with E-state index in [2.05, 4.69) is 15.4 Å². The van der Waals surface area contributed by atoms with Crippen LogP contribution in [0.5, 0.6) is 0 Å². The van der Waals surface area contributed by atoms with E-state index in [0.717, 1.165) is 51.0 Å². The Morgan fingerprint density at radius 2 is 2.20 bits per heavy atom. The van der Waals surface area contributed by atoms with E-state index in [9.17, 15) is 9.59 Å². The smallest absolute Gasteiger partial charge is 0.274 e. The van der Waals surface area contributed by atoms with Gasteiger partial charge in [0.25, 0.3) is 11.5 Å². The van der Waals surface area contributed by atoms with Gasteiger partial charge in [-0.15, -0.1) is 0 Å². The Balaban J connectivity index is 1.74. The minimum atomic E-state index is -0.237. The molecule has 25 heavy (non-hydrogen) atoms. The average Bonchev–Trinajstić information content (AvgIpc) is 3.41. The molecule has 1 saturated carbocycles. The summed E-state index contributed by atoms with van der Waals surface area (Å²) >= 11 is 0. The van der Waals surface area contributed by atoms with E-state index < -0.39 is 0 Å². The summed E-state index contributed by atoms with van der Waals surface area (Å²) < 4.78 is 1.63. The topological polar surface area (TPSA) is 83.0 Å². The number of carbonyl (C=O) groups is 1. The molecule has 1 aliphatic heterocycles. The molecule has 134 valence electrons. The zero-order chi connectivity index (χ0) is 17.6. The standard InChI is InChI=1S/C18H25N5O2/c1-19-9-11-4-3-7-23(10-11)18(25)13-8-14(12-5-6-12)20-16-15(13)17(24)21-22(16)2/h8,11-12,19H,3-7,9-10H2,1-2H3,(H,21,24). The number of aromatic amines is 1. The van der Waals surface area contributed by atoms with Crippen LogP contribution in [0.3, 0.4) is 0 Å². The van der Waals surface area contributed by atoms with Gasteiger partial charge in [0.2, 0.25) is 0 Å². The van der Waals surface area contributed by atoms with Crippen molar-refractivity contribution in [2.24, 2.45) is 13.0 Å². The van der Waals surface area contributed by atoms with Crippen LogP contribution in [0.25, 0.3) is 11.0 Å². The molecule has 2 N–H and O–H groups in total. The molecule has 2 aliphatic rings. The maximum atomic E-state index is 13.2. The van der Waals surface area contributed by atoms with Crippen LogP contribution < -0.4 is 10.9 Å². The molecule has 1 atom stereocenters. The number of nitrogens with one attached hydrogen (secondary N) is 2. The lowest BCUT2D eigenvalue weighted by Crippen LogP contribution is -2.42. The van der Waals surface area contributed by atoms with Crippen LogP contribution in [0.15, 0.2) is 10.9 Å². The molecule has 1 unspecified atom stereocenters. The summed E-state index contributed by atoms with van der Waals surface area (Å²) in [6, 6.07) is 1.86. The second-order valence-corrected chi connectivity index (χ2v) is 7.38. The molecule has 3 heterocycles. The van der Waals surface area contributed by atoms with E-state index in [-0.39, 0.29) is 11.5 Å². The lowest BCUT2D eigenvalue weighted by molar-refractivity contribution is 0.0676. The summed E-state index contributed by atoms with van der Waals surface area (Å²) in [5, 5.41) is 6.38.